The maximum Gasteiger partial charge on any atom is 0.174 e. The maximum atomic E-state index is 6.30. The Kier molecular flexibility index (Phi) is 5.88. The number of fused-ring (bicyclic) bond motifs is 1. The van der Waals surface area contributed by atoms with Crippen LogP contribution in [-0.2, 0) is 6.54 Å². The van der Waals surface area contributed by atoms with Crippen LogP contribution in [0.15, 0.2) is 54.7 Å². The molecule has 1 aromatic heterocycles. The number of nitrogens with zero attached hydrogens (tertiary/aromatic N) is 2. The van der Waals surface area contributed by atoms with Crippen LogP contribution in [0.25, 0.3) is 0 Å². The van der Waals surface area contributed by atoms with Crippen LogP contribution >= 0.6 is 23.8 Å². The van der Waals surface area contributed by atoms with Crippen LogP contribution in [0.5, 0.6) is 11.5 Å². The quantitative estimate of drug-likeness (QED) is 0.558. The monoisotopic (exact) mass is 441 g/mol. The van der Waals surface area contributed by atoms with Crippen LogP contribution in [0.1, 0.15) is 22.9 Å². The number of benzene rings is 2. The van der Waals surface area contributed by atoms with E-state index in [1.54, 1.807) is 14.2 Å². The van der Waals surface area contributed by atoms with Crippen LogP contribution < -0.4 is 14.8 Å². The smallest absolute Gasteiger partial charge is 0.174 e. The first-order chi connectivity index (χ1) is 14.5. The Bertz CT molecular complexity index is 1080. The Labute approximate surface area is 187 Å². The molecule has 0 saturated carbocycles. The summed E-state index contributed by atoms with van der Waals surface area (Å²) in [7, 11) is 3.35. The topological polar surface area (TPSA) is 38.7 Å². The normalized spacial score (nSPS) is 15.5. The maximum absolute atomic E-state index is 6.30. The van der Waals surface area contributed by atoms with Gasteiger partial charge in [-0.25, -0.2) is 0 Å². The van der Waals surface area contributed by atoms with E-state index in [2.05, 4.69) is 33.1 Å². The van der Waals surface area contributed by atoms with Crippen LogP contribution in [0, 0.1) is 6.92 Å². The minimum Gasteiger partial charge on any atom is -0.497 e. The third-order valence-corrected chi connectivity index (χ3v) is 6.29. The van der Waals surface area contributed by atoms with Crippen molar-refractivity contribution in [3.63, 3.8) is 0 Å². The standard InChI is InChI=1S/C23H24ClN3O2S/c1-15-18(24)6-4-7-19(15)25-23(30)27-13-12-26-11-5-8-20(26)22(27)17-14-16(28-2)9-10-21(17)29-3/h4-11,14,22H,12-13H2,1-3H3,(H,25,30). The minimum atomic E-state index is -0.113. The first kappa shape index (κ1) is 20.6. The number of hydrogen-bond donors (Lipinski definition) is 1. The van der Waals surface area contributed by atoms with Gasteiger partial charge < -0.3 is 24.3 Å². The molecule has 30 heavy (non-hydrogen) atoms. The summed E-state index contributed by atoms with van der Waals surface area (Å²) in [6.45, 7) is 3.59. The van der Waals surface area contributed by atoms with Gasteiger partial charge in [0.25, 0.3) is 0 Å². The molecule has 156 valence electrons. The second-order valence-electron chi connectivity index (χ2n) is 7.17. The summed E-state index contributed by atoms with van der Waals surface area (Å²) in [5, 5.41) is 4.75. The van der Waals surface area contributed by atoms with E-state index in [0.29, 0.717) is 10.1 Å². The molecular weight excluding hydrogens is 418 g/mol. The van der Waals surface area contributed by atoms with E-state index in [1.807, 2.05) is 43.3 Å². The third kappa shape index (κ3) is 3.73. The lowest BCUT2D eigenvalue weighted by molar-refractivity contribution is 0.284. The second-order valence-corrected chi connectivity index (χ2v) is 7.97. The lowest BCUT2D eigenvalue weighted by Gasteiger charge is -2.39. The highest BCUT2D eigenvalue weighted by atomic mass is 35.5. The zero-order chi connectivity index (χ0) is 21.3. The Morgan fingerprint density at radius 1 is 1.10 bits per heavy atom. The van der Waals surface area contributed by atoms with E-state index in [-0.39, 0.29) is 6.04 Å². The third-order valence-electron chi connectivity index (χ3n) is 5.54. The molecule has 1 aliphatic heterocycles. The number of rotatable bonds is 4. The fourth-order valence-electron chi connectivity index (χ4n) is 3.91. The Morgan fingerprint density at radius 3 is 2.70 bits per heavy atom. The molecule has 1 atom stereocenters. The van der Waals surface area contributed by atoms with Crippen LogP contribution in [0.3, 0.4) is 0 Å². The second kappa shape index (κ2) is 8.58. The molecule has 2 aromatic carbocycles. The average molecular weight is 442 g/mol. The predicted molar refractivity (Wildman–Crippen MR) is 125 cm³/mol. The van der Waals surface area contributed by atoms with E-state index in [0.717, 1.165) is 47.1 Å². The van der Waals surface area contributed by atoms with Gasteiger partial charge in [-0.3, -0.25) is 0 Å². The van der Waals surface area contributed by atoms with E-state index in [4.69, 9.17) is 33.3 Å². The number of anilines is 1. The largest absolute Gasteiger partial charge is 0.497 e. The van der Waals surface area contributed by atoms with Gasteiger partial charge in [0.05, 0.1) is 14.2 Å². The molecule has 5 nitrogen and oxygen atoms in total. The summed E-state index contributed by atoms with van der Waals surface area (Å²) in [5.74, 6) is 1.57. The van der Waals surface area contributed by atoms with E-state index >= 15 is 0 Å². The van der Waals surface area contributed by atoms with Crippen molar-refractivity contribution in [3.8, 4) is 11.5 Å². The zero-order valence-corrected chi connectivity index (χ0v) is 18.8. The van der Waals surface area contributed by atoms with Crippen molar-refractivity contribution < 1.29 is 9.47 Å². The number of aromatic nitrogens is 1. The molecule has 3 aromatic rings. The van der Waals surface area contributed by atoms with Gasteiger partial charge in [0.15, 0.2) is 5.11 Å². The molecule has 0 spiro atoms. The first-order valence-corrected chi connectivity index (χ1v) is 10.5. The SMILES string of the molecule is COc1ccc(OC)c(C2c3cccn3CCN2C(=S)Nc2cccc(Cl)c2C)c1. The molecular formula is C23H24ClN3O2S. The number of nitrogens with one attached hydrogen (secondary N) is 1. The van der Waals surface area contributed by atoms with E-state index in [1.165, 1.54) is 0 Å². The zero-order valence-electron chi connectivity index (χ0n) is 17.2. The highest BCUT2D eigenvalue weighted by molar-refractivity contribution is 7.80. The number of thiocarbonyl (C=S) groups is 1. The number of methoxy groups -OCH3 is 2. The van der Waals surface area contributed by atoms with E-state index < -0.39 is 0 Å². The van der Waals surface area contributed by atoms with Gasteiger partial charge in [-0.2, -0.15) is 0 Å². The van der Waals surface area contributed by atoms with Crippen LogP contribution in [-0.4, -0.2) is 35.3 Å². The summed E-state index contributed by atoms with van der Waals surface area (Å²) < 4.78 is 13.4. The summed E-state index contributed by atoms with van der Waals surface area (Å²) in [6.07, 6.45) is 2.10. The lowest BCUT2D eigenvalue weighted by Crippen LogP contribution is -2.44. The highest BCUT2D eigenvalue weighted by Gasteiger charge is 2.33. The molecule has 7 heteroatoms. The molecule has 0 radical (unpaired) electrons. The van der Waals surface area contributed by atoms with Gasteiger partial charge in [0.1, 0.15) is 17.5 Å². The molecule has 4 rings (SSSR count). The van der Waals surface area contributed by atoms with Crippen molar-refractivity contribution in [2.24, 2.45) is 0 Å². The molecule has 1 N–H and O–H groups in total. The van der Waals surface area contributed by atoms with E-state index in [9.17, 15) is 0 Å². The van der Waals surface area contributed by atoms with Gasteiger partial charge in [-0.05, 0) is 67.2 Å². The van der Waals surface area contributed by atoms with Crippen molar-refractivity contribution in [2.75, 3.05) is 26.1 Å². The highest BCUT2D eigenvalue weighted by Crippen LogP contribution is 2.39. The van der Waals surface area contributed by atoms with Crippen molar-refractivity contribution >= 4 is 34.6 Å². The van der Waals surface area contributed by atoms with Crippen LogP contribution in [0.2, 0.25) is 5.02 Å². The Morgan fingerprint density at radius 2 is 1.93 bits per heavy atom. The number of halogens is 1. The van der Waals surface area contributed by atoms with Gasteiger partial charge in [-0.1, -0.05) is 17.7 Å². The fourth-order valence-corrected chi connectivity index (χ4v) is 4.39. The molecule has 2 heterocycles. The van der Waals surface area contributed by atoms with Crippen molar-refractivity contribution in [2.45, 2.75) is 19.5 Å². The van der Waals surface area contributed by atoms with Gasteiger partial charge in [0, 0.05) is 41.3 Å². The summed E-state index contributed by atoms with van der Waals surface area (Å²) in [6, 6.07) is 15.7. The molecule has 0 amide bonds. The molecule has 0 saturated heterocycles. The summed E-state index contributed by atoms with van der Waals surface area (Å²) in [5.41, 5.74) is 4.03. The van der Waals surface area contributed by atoms with Crippen molar-refractivity contribution in [1.29, 1.82) is 0 Å². The van der Waals surface area contributed by atoms with Crippen LogP contribution in [0.4, 0.5) is 5.69 Å². The van der Waals surface area contributed by atoms with Crippen molar-refractivity contribution in [1.82, 2.24) is 9.47 Å². The molecule has 1 unspecified atom stereocenters. The van der Waals surface area contributed by atoms with Crippen molar-refractivity contribution in [3.05, 3.63) is 76.6 Å². The van der Waals surface area contributed by atoms with Gasteiger partial charge >= 0.3 is 0 Å². The minimum absolute atomic E-state index is 0.113. The average Bonchev–Trinajstić information content (AvgIpc) is 3.24. The molecule has 0 bridgehead atoms. The fraction of sp³-hybridized carbons (Fsp3) is 0.261. The summed E-state index contributed by atoms with van der Waals surface area (Å²) >= 11 is 12.2. The van der Waals surface area contributed by atoms with Gasteiger partial charge in [-0.15, -0.1) is 0 Å². The van der Waals surface area contributed by atoms with Gasteiger partial charge in [0.2, 0.25) is 0 Å². The molecule has 0 fully saturated rings. The number of hydrogen-bond acceptors (Lipinski definition) is 3. The molecule has 0 aliphatic carbocycles. The summed E-state index contributed by atoms with van der Waals surface area (Å²) in [4.78, 5) is 2.20. The lowest BCUT2D eigenvalue weighted by atomic mass is 9.98. The Balaban J connectivity index is 1.76. The first-order valence-electron chi connectivity index (χ1n) is 9.73. The Hall–Kier alpha value is -2.70. The molecule has 1 aliphatic rings. The number of ether oxygens (including phenoxy) is 2. The predicted octanol–water partition coefficient (Wildman–Crippen LogP) is 5.27.